The number of carbonyl (C=O) groups is 2. The molecule has 1 N–H and O–H groups in total. The van der Waals surface area contributed by atoms with Crippen molar-refractivity contribution in [2.75, 3.05) is 19.1 Å². The fourth-order valence-electron chi connectivity index (χ4n) is 4.81. The lowest BCUT2D eigenvalue weighted by Gasteiger charge is -2.42. The highest BCUT2D eigenvalue weighted by atomic mass is 16.5. The molecule has 6 heteroatoms. The Morgan fingerprint density at radius 3 is 2.12 bits per heavy atom. The highest BCUT2D eigenvalue weighted by Crippen LogP contribution is 2.48. The van der Waals surface area contributed by atoms with E-state index in [4.69, 9.17) is 9.47 Å². The summed E-state index contributed by atoms with van der Waals surface area (Å²) in [6, 6.07) is 9.10. The minimum Gasteiger partial charge on any atom is -0.493 e. The molecular formula is C27H32N2O4. The van der Waals surface area contributed by atoms with Gasteiger partial charge in [0.15, 0.2) is 11.5 Å². The van der Waals surface area contributed by atoms with Gasteiger partial charge in [0, 0.05) is 0 Å². The average molecular weight is 449 g/mol. The zero-order chi connectivity index (χ0) is 24.1. The molecule has 1 aliphatic heterocycles. The van der Waals surface area contributed by atoms with E-state index in [-0.39, 0.29) is 22.4 Å². The van der Waals surface area contributed by atoms with Crippen molar-refractivity contribution in [1.29, 1.82) is 0 Å². The molecule has 0 radical (unpaired) electrons. The molecule has 1 heterocycles. The first-order valence-corrected chi connectivity index (χ1v) is 11.2. The number of benzene rings is 2. The molecule has 3 amide bonds. The number of hydrogen-bond acceptors (Lipinski definition) is 4. The highest BCUT2D eigenvalue weighted by Gasteiger charge is 2.40. The summed E-state index contributed by atoms with van der Waals surface area (Å²) >= 11 is 0. The molecule has 0 saturated carbocycles. The van der Waals surface area contributed by atoms with Crippen molar-refractivity contribution < 1.29 is 19.1 Å². The van der Waals surface area contributed by atoms with E-state index in [9.17, 15) is 9.59 Å². The molecule has 6 nitrogen and oxygen atoms in total. The van der Waals surface area contributed by atoms with Crippen molar-refractivity contribution in [1.82, 2.24) is 5.32 Å². The number of hydrogen-bond donors (Lipinski definition) is 1. The Labute approximate surface area is 195 Å². The van der Waals surface area contributed by atoms with Crippen LogP contribution in [-0.2, 0) is 15.6 Å². The maximum atomic E-state index is 13.3. The molecule has 0 spiro atoms. The number of imide groups is 1. The average Bonchev–Trinajstić information content (AvgIpc) is 3.04. The molecule has 2 aromatic carbocycles. The van der Waals surface area contributed by atoms with Crippen molar-refractivity contribution in [3.63, 3.8) is 0 Å². The van der Waals surface area contributed by atoms with Gasteiger partial charge in [-0.3, -0.25) is 4.79 Å². The second kappa shape index (κ2) is 7.94. The summed E-state index contributed by atoms with van der Waals surface area (Å²) in [6.45, 7) is 10.9. The molecule has 2 aromatic rings. The maximum absolute atomic E-state index is 13.3. The van der Waals surface area contributed by atoms with E-state index in [1.807, 2.05) is 19.1 Å². The number of fused-ring (bicyclic) bond motifs is 1. The smallest absolute Gasteiger partial charge is 0.333 e. The SMILES string of the molecule is COc1ccc(C=C2NC(=O)N(c3cc4c(cc3C)C(C)(C)CCC4(C)C)C2=O)cc1OC. The van der Waals surface area contributed by atoms with E-state index in [0.717, 1.165) is 24.0 Å². The van der Waals surface area contributed by atoms with Gasteiger partial charge in [0.2, 0.25) is 0 Å². The van der Waals surface area contributed by atoms with Gasteiger partial charge in [0.25, 0.3) is 5.91 Å². The van der Waals surface area contributed by atoms with Gasteiger partial charge >= 0.3 is 6.03 Å². The van der Waals surface area contributed by atoms with Gasteiger partial charge in [0.05, 0.1) is 19.9 Å². The predicted octanol–water partition coefficient (Wildman–Crippen LogP) is 5.46. The Morgan fingerprint density at radius 1 is 0.909 bits per heavy atom. The third-order valence-electron chi connectivity index (χ3n) is 7.01. The molecule has 0 atom stereocenters. The van der Waals surface area contributed by atoms with Crippen LogP contribution in [0.4, 0.5) is 10.5 Å². The molecule has 4 rings (SSSR count). The van der Waals surface area contributed by atoms with Crippen LogP contribution in [-0.4, -0.2) is 26.2 Å². The lowest BCUT2D eigenvalue weighted by atomic mass is 9.63. The van der Waals surface area contributed by atoms with Crippen LogP contribution in [0.2, 0.25) is 0 Å². The maximum Gasteiger partial charge on any atom is 0.333 e. The second-order valence-electron chi connectivity index (χ2n) is 10.2. The summed E-state index contributed by atoms with van der Waals surface area (Å²) in [5.74, 6) is 0.778. The standard InChI is InChI=1S/C27H32N2O4/c1-16-12-18-19(27(4,5)11-10-26(18,2)3)15-21(16)29-24(30)20(28-25(29)31)13-17-8-9-22(32-6)23(14-17)33-7/h8-9,12-15H,10-11H2,1-7H3,(H,28,31). The van der Waals surface area contributed by atoms with E-state index >= 15 is 0 Å². The van der Waals surface area contributed by atoms with Crippen molar-refractivity contribution in [3.8, 4) is 11.5 Å². The largest absolute Gasteiger partial charge is 0.493 e. The van der Waals surface area contributed by atoms with Crippen LogP contribution < -0.4 is 19.7 Å². The predicted molar refractivity (Wildman–Crippen MR) is 130 cm³/mol. The van der Waals surface area contributed by atoms with Gasteiger partial charge in [-0.1, -0.05) is 39.8 Å². The van der Waals surface area contributed by atoms with Crippen LogP contribution in [0.3, 0.4) is 0 Å². The molecule has 174 valence electrons. The Balaban J connectivity index is 1.74. The molecule has 1 fully saturated rings. The quantitative estimate of drug-likeness (QED) is 0.498. The van der Waals surface area contributed by atoms with Crippen LogP contribution in [0.5, 0.6) is 11.5 Å². The van der Waals surface area contributed by atoms with Crippen molar-refractivity contribution in [2.45, 2.75) is 58.3 Å². The number of nitrogens with one attached hydrogen (secondary N) is 1. The van der Waals surface area contributed by atoms with Crippen LogP contribution in [0.15, 0.2) is 36.0 Å². The van der Waals surface area contributed by atoms with Gasteiger partial charge in [-0.05, 0) is 77.1 Å². The monoisotopic (exact) mass is 448 g/mol. The lowest BCUT2D eigenvalue weighted by molar-refractivity contribution is -0.113. The summed E-state index contributed by atoms with van der Waals surface area (Å²) in [6.07, 6.45) is 3.82. The number of carbonyl (C=O) groups excluding carboxylic acids is 2. The number of rotatable bonds is 4. The van der Waals surface area contributed by atoms with E-state index in [1.54, 1.807) is 32.4 Å². The van der Waals surface area contributed by atoms with Gasteiger partial charge in [-0.25, -0.2) is 9.69 Å². The van der Waals surface area contributed by atoms with Crippen LogP contribution in [0, 0.1) is 6.92 Å². The van der Waals surface area contributed by atoms with Gasteiger partial charge in [-0.2, -0.15) is 0 Å². The van der Waals surface area contributed by atoms with E-state index in [0.29, 0.717) is 17.2 Å². The Bertz CT molecular complexity index is 1180. The van der Waals surface area contributed by atoms with Gasteiger partial charge in [0.1, 0.15) is 5.70 Å². The summed E-state index contributed by atoms with van der Waals surface area (Å²) < 4.78 is 10.6. The summed E-state index contributed by atoms with van der Waals surface area (Å²) in [7, 11) is 3.12. The first-order chi connectivity index (χ1) is 15.5. The molecular weight excluding hydrogens is 416 g/mol. The van der Waals surface area contributed by atoms with Crippen LogP contribution in [0.1, 0.15) is 62.8 Å². The molecule has 0 aromatic heterocycles. The number of ether oxygens (including phenoxy) is 2. The minimum absolute atomic E-state index is 0.0229. The lowest BCUT2D eigenvalue weighted by Crippen LogP contribution is -2.36. The van der Waals surface area contributed by atoms with E-state index in [2.05, 4.69) is 39.1 Å². The zero-order valence-electron chi connectivity index (χ0n) is 20.5. The zero-order valence-corrected chi connectivity index (χ0v) is 20.5. The van der Waals surface area contributed by atoms with Crippen molar-refractivity contribution in [2.24, 2.45) is 0 Å². The normalized spacial score (nSPS) is 20.0. The number of aryl methyl sites for hydroxylation is 1. The summed E-state index contributed by atoms with van der Waals surface area (Å²) in [5.41, 5.74) is 5.04. The second-order valence-corrected chi connectivity index (χ2v) is 10.2. The third-order valence-corrected chi connectivity index (χ3v) is 7.01. The molecule has 2 aliphatic rings. The van der Waals surface area contributed by atoms with Crippen LogP contribution >= 0.6 is 0 Å². The van der Waals surface area contributed by atoms with Crippen molar-refractivity contribution in [3.05, 3.63) is 58.3 Å². The topological polar surface area (TPSA) is 67.9 Å². The minimum atomic E-state index is -0.442. The first-order valence-electron chi connectivity index (χ1n) is 11.2. The number of nitrogens with zero attached hydrogens (tertiary/aromatic N) is 1. The summed E-state index contributed by atoms with van der Waals surface area (Å²) in [4.78, 5) is 27.5. The first kappa shape index (κ1) is 22.9. The molecule has 0 bridgehead atoms. The van der Waals surface area contributed by atoms with Crippen LogP contribution in [0.25, 0.3) is 6.08 Å². The third kappa shape index (κ3) is 3.88. The molecule has 33 heavy (non-hydrogen) atoms. The Kier molecular flexibility index (Phi) is 5.51. The Hall–Kier alpha value is -3.28. The molecule has 0 unspecified atom stereocenters. The van der Waals surface area contributed by atoms with Gasteiger partial charge in [-0.15, -0.1) is 0 Å². The van der Waals surface area contributed by atoms with E-state index in [1.165, 1.54) is 16.0 Å². The number of anilines is 1. The van der Waals surface area contributed by atoms with Gasteiger partial charge < -0.3 is 14.8 Å². The highest BCUT2D eigenvalue weighted by molar-refractivity contribution is 6.28. The fraction of sp³-hybridized carbons (Fsp3) is 0.407. The molecule has 1 saturated heterocycles. The van der Waals surface area contributed by atoms with Crippen molar-refractivity contribution >= 4 is 23.7 Å². The number of urea groups is 1. The Morgan fingerprint density at radius 2 is 1.52 bits per heavy atom. The number of amides is 3. The summed E-state index contributed by atoms with van der Waals surface area (Å²) in [5, 5.41) is 2.74. The fourth-order valence-corrected chi connectivity index (χ4v) is 4.81. The van der Waals surface area contributed by atoms with E-state index < -0.39 is 6.03 Å². The number of methoxy groups -OCH3 is 2. The molecule has 1 aliphatic carbocycles.